The predicted octanol–water partition coefficient (Wildman–Crippen LogP) is 6.23. The summed E-state index contributed by atoms with van der Waals surface area (Å²) in [4.78, 5) is 59.4. The van der Waals surface area contributed by atoms with Gasteiger partial charge in [-0.25, -0.2) is 0 Å². The topological polar surface area (TPSA) is 139 Å². The minimum Gasteiger partial charge on any atom is -0.358 e. The zero-order valence-electron chi connectivity index (χ0n) is 30.4. The fourth-order valence-electron chi connectivity index (χ4n) is 6.17. The molecule has 6 rings (SSSR count). The summed E-state index contributed by atoms with van der Waals surface area (Å²) in [6, 6.07) is 3.93. The molecule has 1 N–H and O–H groups in total. The summed E-state index contributed by atoms with van der Waals surface area (Å²) < 4.78 is 3.39. The molecular formula is C37H49N7O5S2. The van der Waals surface area contributed by atoms with Crippen molar-refractivity contribution in [3.63, 3.8) is 0 Å². The van der Waals surface area contributed by atoms with Gasteiger partial charge in [-0.15, -0.1) is 22.7 Å². The van der Waals surface area contributed by atoms with Crippen LogP contribution >= 0.6 is 22.7 Å². The van der Waals surface area contributed by atoms with E-state index >= 15 is 0 Å². The van der Waals surface area contributed by atoms with E-state index in [0.29, 0.717) is 10.8 Å². The van der Waals surface area contributed by atoms with E-state index in [1.165, 1.54) is 17.8 Å². The third-order valence-electron chi connectivity index (χ3n) is 9.44. The van der Waals surface area contributed by atoms with Gasteiger partial charge in [0.15, 0.2) is 0 Å². The van der Waals surface area contributed by atoms with Gasteiger partial charge in [0.05, 0.1) is 23.5 Å². The summed E-state index contributed by atoms with van der Waals surface area (Å²) in [5.74, 6) is 0.192. The van der Waals surface area contributed by atoms with Crippen molar-refractivity contribution < 1.29 is 24.0 Å². The molecular weight excluding hydrogens is 687 g/mol. The predicted molar refractivity (Wildman–Crippen MR) is 198 cm³/mol. The third kappa shape index (κ3) is 11.3. The van der Waals surface area contributed by atoms with Crippen molar-refractivity contribution in [1.29, 1.82) is 0 Å². The highest BCUT2D eigenvalue weighted by Gasteiger charge is 2.28. The van der Waals surface area contributed by atoms with Crippen LogP contribution < -0.4 is 5.32 Å². The Morgan fingerprint density at radius 1 is 0.765 bits per heavy atom. The van der Waals surface area contributed by atoms with Crippen LogP contribution in [0, 0.1) is 10.8 Å². The number of amides is 3. The minimum atomic E-state index is -0.0919. The molecule has 6 heterocycles. The van der Waals surface area contributed by atoms with Crippen molar-refractivity contribution in [2.24, 2.45) is 17.9 Å². The van der Waals surface area contributed by atoms with E-state index in [0.717, 1.165) is 90.3 Å². The van der Waals surface area contributed by atoms with Crippen molar-refractivity contribution in [1.82, 2.24) is 34.7 Å². The molecule has 0 unspecified atom stereocenters. The number of hydrogen-bond acceptors (Lipinski definition) is 9. The number of likely N-dealkylation sites (tertiary alicyclic amines) is 2. The second-order valence-electron chi connectivity index (χ2n) is 14.6. The van der Waals surface area contributed by atoms with Gasteiger partial charge in [0.25, 0.3) is 11.8 Å². The molecule has 0 bridgehead atoms. The van der Waals surface area contributed by atoms with Crippen molar-refractivity contribution in [2.45, 2.75) is 72.8 Å². The van der Waals surface area contributed by atoms with Crippen LogP contribution in [0.3, 0.4) is 0 Å². The summed E-state index contributed by atoms with van der Waals surface area (Å²) in [7, 11) is 3.51. The van der Waals surface area contributed by atoms with E-state index in [4.69, 9.17) is 9.59 Å². The SMILES string of the molecule is CNC(=O)Cn1cc(-c2cc(C(=O)N3CCCC(C)(C)CC3)cs2)cn1.Cn1cc(-c2cc(C(=O)N3CCCC(C)(C)CC3)cs2)cn1.O=C=O. The molecule has 3 amide bonds. The number of carbonyl (C=O) groups excluding carboxylic acids is 5. The number of thiophene rings is 2. The standard InChI is InChI=1S/C19H26N4O2S.C17H23N3OS.CO2/c1-19(2)5-4-7-22(8-6-19)18(25)14-9-16(26-13-14)15-10-21-23(11-15)12-17(24)20-3;1-17(2)5-4-7-20(8-6-17)16(21)13-9-15(22-12-13)14-10-18-19(3)11-14;2-1-3/h9-11,13H,4-8,12H2,1-3H3,(H,20,24);9-12H,4-8H2,1-3H3;. The van der Waals surface area contributed by atoms with E-state index in [1.807, 2.05) is 58.3 Å². The number of nitrogens with zero attached hydrogens (tertiary/aromatic N) is 6. The average molecular weight is 736 g/mol. The van der Waals surface area contributed by atoms with Gasteiger partial charge in [-0.05, 0) is 61.5 Å². The third-order valence-corrected chi connectivity index (χ3v) is 11.4. The summed E-state index contributed by atoms with van der Waals surface area (Å²) in [5.41, 5.74) is 4.21. The minimum absolute atomic E-state index is 0.0919. The number of rotatable bonds is 6. The van der Waals surface area contributed by atoms with E-state index in [2.05, 4.69) is 43.2 Å². The van der Waals surface area contributed by atoms with E-state index in [9.17, 15) is 14.4 Å². The average Bonchev–Trinajstić information content (AvgIpc) is 3.89. The molecule has 0 atom stereocenters. The van der Waals surface area contributed by atoms with Gasteiger partial charge in [-0.3, -0.25) is 23.7 Å². The lowest BCUT2D eigenvalue weighted by atomic mass is 9.85. The first-order valence-electron chi connectivity index (χ1n) is 17.2. The molecule has 2 fully saturated rings. The van der Waals surface area contributed by atoms with Gasteiger partial charge in [0.2, 0.25) is 5.91 Å². The van der Waals surface area contributed by atoms with Crippen LogP contribution in [0.2, 0.25) is 0 Å². The van der Waals surface area contributed by atoms with E-state index < -0.39 is 0 Å². The Balaban J connectivity index is 0.000000215. The van der Waals surface area contributed by atoms with Gasteiger partial charge >= 0.3 is 6.15 Å². The lowest BCUT2D eigenvalue weighted by Crippen LogP contribution is -2.32. The van der Waals surface area contributed by atoms with Gasteiger partial charge in [0.1, 0.15) is 6.54 Å². The van der Waals surface area contributed by atoms with Gasteiger partial charge in [0, 0.05) is 84.3 Å². The molecule has 2 aliphatic heterocycles. The van der Waals surface area contributed by atoms with Crippen LogP contribution in [0.25, 0.3) is 20.9 Å². The van der Waals surface area contributed by atoms with Crippen molar-refractivity contribution in [3.8, 4) is 20.9 Å². The summed E-state index contributed by atoms with van der Waals surface area (Å²) in [5, 5.41) is 14.9. The molecule has 274 valence electrons. The first-order valence-corrected chi connectivity index (χ1v) is 19.0. The Labute approximate surface area is 307 Å². The molecule has 0 aromatic carbocycles. The number of carbonyl (C=O) groups is 3. The number of hydrogen-bond donors (Lipinski definition) is 1. The van der Waals surface area contributed by atoms with Crippen LogP contribution in [0.15, 0.2) is 47.7 Å². The molecule has 4 aromatic heterocycles. The van der Waals surface area contributed by atoms with Crippen LogP contribution in [0.1, 0.15) is 86.9 Å². The molecule has 0 radical (unpaired) electrons. The molecule has 51 heavy (non-hydrogen) atoms. The highest BCUT2D eigenvalue weighted by Crippen LogP contribution is 2.33. The Morgan fingerprint density at radius 3 is 1.69 bits per heavy atom. The Kier molecular flexibility index (Phi) is 13.7. The molecule has 14 heteroatoms. The molecule has 12 nitrogen and oxygen atoms in total. The summed E-state index contributed by atoms with van der Waals surface area (Å²) >= 11 is 3.15. The van der Waals surface area contributed by atoms with Crippen LogP contribution in [0.5, 0.6) is 0 Å². The number of aryl methyl sites for hydroxylation is 1. The van der Waals surface area contributed by atoms with Gasteiger partial charge < -0.3 is 15.1 Å². The molecule has 2 saturated heterocycles. The maximum absolute atomic E-state index is 12.9. The monoisotopic (exact) mass is 735 g/mol. The zero-order valence-corrected chi connectivity index (χ0v) is 32.1. The molecule has 0 aliphatic carbocycles. The number of nitrogens with one attached hydrogen (secondary N) is 1. The fourth-order valence-corrected chi connectivity index (χ4v) is 7.89. The highest BCUT2D eigenvalue weighted by molar-refractivity contribution is 7.14. The second-order valence-corrected chi connectivity index (χ2v) is 16.4. The van der Waals surface area contributed by atoms with E-state index in [-0.39, 0.29) is 30.4 Å². The second kappa shape index (κ2) is 17.7. The maximum Gasteiger partial charge on any atom is 0.373 e. The van der Waals surface area contributed by atoms with Crippen molar-refractivity contribution in [3.05, 3.63) is 58.8 Å². The Hall–Kier alpha value is -4.39. The fraction of sp³-hybridized carbons (Fsp3) is 0.514. The molecule has 0 spiro atoms. The lowest BCUT2D eigenvalue weighted by molar-refractivity contribution is -0.191. The van der Waals surface area contributed by atoms with Gasteiger partial charge in [-0.1, -0.05) is 27.7 Å². The first kappa shape index (κ1) is 39.4. The Morgan fingerprint density at radius 2 is 1.24 bits per heavy atom. The highest BCUT2D eigenvalue weighted by atomic mass is 32.1. The normalized spacial score (nSPS) is 16.7. The number of aromatic nitrogens is 4. The van der Waals surface area contributed by atoms with Crippen LogP contribution in [0.4, 0.5) is 0 Å². The smallest absolute Gasteiger partial charge is 0.358 e. The number of likely N-dealkylation sites (N-methyl/N-ethyl adjacent to an activating group) is 1. The van der Waals surface area contributed by atoms with E-state index in [1.54, 1.807) is 33.9 Å². The van der Waals surface area contributed by atoms with Gasteiger partial charge in [-0.2, -0.15) is 19.8 Å². The summed E-state index contributed by atoms with van der Waals surface area (Å²) in [6.07, 6.45) is 14.3. The molecule has 2 aliphatic rings. The Bertz CT molecular complexity index is 1810. The quantitative estimate of drug-likeness (QED) is 0.248. The first-order chi connectivity index (χ1) is 24.2. The largest absolute Gasteiger partial charge is 0.373 e. The van der Waals surface area contributed by atoms with Crippen LogP contribution in [-0.2, 0) is 28.0 Å². The molecule has 4 aromatic rings. The van der Waals surface area contributed by atoms with Crippen LogP contribution in [-0.4, -0.2) is 86.5 Å². The van der Waals surface area contributed by atoms with Crippen molar-refractivity contribution >= 4 is 46.5 Å². The summed E-state index contributed by atoms with van der Waals surface area (Å²) in [6.45, 7) is 12.7. The zero-order chi connectivity index (χ0) is 37.2. The van der Waals surface area contributed by atoms with Crippen molar-refractivity contribution in [2.75, 3.05) is 33.2 Å². The molecule has 0 saturated carbocycles. The lowest BCUT2D eigenvalue weighted by Gasteiger charge is -2.23. The maximum atomic E-state index is 12.9.